The molecule has 0 fully saturated rings. The number of carbonyl (C=O) groups is 1. The minimum atomic E-state index is -1.42. The van der Waals surface area contributed by atoms with Gasteiger partial charge in [0.1, 0.15) is 6.33 Å². The van der Waals surface area contributed by atoms with E-state index < -0.39 is 6.16 Å². The maximum absolute atomic E-state index is 10.4. The quantitative estimate of drug-likeness (QED) is 0.844. The van der Waals surface area contributed by atoms with E-state index in [1.807, 2.05) is 19.1 Å². The van der Waals surface area contributed by atoms with Crippen LogP contribution in [0.15, 0.2) is 30.6 Å². The molecule has 0 aliphatic carbocycles. The molecule has 0 aliphatic rings. The van der Waals surface area contributed by atoms with Crippen molar-refractivity contribution < 1.29 is 14.6 Å². The lowest BCUT2D eigenvalue weighted by molar-refractivity contribution is 0.142. The molecule has 0 aliphatic heterocycles. The van der Waals surface area contributed by atoms with Crippen molar-refractivity contribution in [1.82, 2.24) is 9.97 Å². The van der Waals surface area contributed by atoms with Crippen LogP contribution in [0, 0.1) is 6.92 Å². The zero-order chi connectivity index (χ0) is 13.1. The van der Waals surface area contributed by atoms with Gasteiger partial charge in [-0.25, -0.2) is 14.8 Å². The minimum absolute atomic E-state index is 0.0239. The van der Waals surface area contributed by atoms with E-state index in [2.05, 4.69) is 14.7 Å². The van der Waals surface area contributed by atoms with Crippen molar-refractivity contribution in [3.63, 3.8) is 0 Å². The number of hydrogen-bond acceptors (Lipinski definition) is 4. The van der Waals surface area contributed by atoms with Gasteiger partial charge in [-0.1, -0.05) is 23.7 Å². The molecule has 0 atom stereocenters. The molecule has 2 rings (SSSR count). The number of nitrogens with zero attached hydrogens (tertiary/aromatic N) is 2. The number of rotatable bonds is 2. The minimum Gasteiger partial charge on any atom is -0.449 e. The van der Waals surface area contributed by atoms with E-state index in [0.29, 0.717) is 10.7 Å². The third-order valence-electron chi connectivity index (χ3n) is 2.30. The van der Waals surface area contributed by atoms with Gasteiger partial charge in [0.25, 0.3) is 0 Å². The summed E-state index contributed by atoms with van der Waals surface area (Å²) < 4.78 is 4.46. The summed E-state index contributed by atoms with van der Waals surface area (Å²) in [6, 6.07) is 6.89. The second-order valence-corrected chi connectivity index (χ2v) is 3.98. The Bertz CT molecular complexity index is 602. The second kappa shape index (κ2) is 5.01. The zero-order valence-corrected chi connectivity index (χ0v) is 10.2. The van der Waals surface area contributed by atoms with Crippen molar-refractivity contribution in [1.29, 1.82) is 0 Å². The molecule has 92 valence electrons. The summed E-state index contributed by atoms with van der Waals surface area (Å²) in [4.78, 5) is 18.2. The molecule has 5 nitrogen and oxygen atoms in total. The number of carboxylic acid groups (broad SMARTS) is 1. The summed E-state index contributed by atoms with van der Waals surface area (Å²) in [6.45, 7) is 1.89. The van der Waals surface area contributed by atoms with E-state index in [1.165, 1.54) is 12.4 Å². The Morgan fingerprint density at radius 3 is 2.78 bits per heavy atom. The van der Waals surface area contributed by atoms with Gasteiger partial charge in [0, 0.05) is 16.7 Å². The maximum atomic E-state index is 10.4. The zero-order valence-electron chi connectivity index (χ0n) is 9.42. The van der Waals surface area contributed by atoms with Crippen LogP contribution >= 0.6 is 11.6 Å². The summed E-state index contributed by atoms with van der Waals surface area (Å²) in [6.07, 6.45) is -0.178. The first-order valence-electron chi connectivity index (χ1n) is 5.05. The lowest BCUT2D eigenvalue weighted by Crippen LogP contribution is -2.04. The van der Waals surface area contributed by atoms with Crippen molar-refractivity contribution in [2.75, 3.05) is 0 Å². The monoisotopic (exact) mass is 264 g/mol. The molecular formula is C12H9ClN2O3. The van der Waals surface area contributed by atoms with Crippen molar-refractivity contribution >= 4 is 17.8 Å². The van der Waals surface area contributed by atoms with Gasteiger partial charge in [-0.05, 0) is 18.6 Å². The van der Waals surface area contributed by atoms with Crippen molar-refractivity contribution in [2.45, 2.75) is 6.92 Å². The number of halogens is 1. The standard InChI is InChI=1S/C12H9ClN2O3/c1-7-2-3-8(4-9(7)13)10-5-11(15-6-14-10)18-12(16)17/h2-6H,1H3,(H,16,17). The van der Waals surface area contributed by atoms with Gasteiger partial charge in [0.15, 0.2) is 0 Å². The first-order valence-corrected chi connectivity index (χ1v) is 5.43. The fourth-order valence-electron chi connectivity index (χ4n) is 1.39. The molecule has 1 aromatic carbocycles. The topological polar surface area (TPSA) is 72.3 Å². The highest BCUT2D eigenvalue weighted by atomic mass is 35.5. The highest BCUT2D eigenvalue weighted by molar-refractivity contribution is 6.31. The normalized spacial score (nSPS) is 10.1. The SMILES string of the molecule is Cc1ccc(-c2cc(OC(=O)O)ncn2)cc1Cl. The van der Waals surface area contributed by atoms with Crippen LogP contribution in [0.1, 0.15) is 5.56 Å². The predicted octanol–water partition coefficient (Wildman–Crippen LogP) is 3.16. The van der Waals surface area contributed by atoms with E-state index in [4.69, 9.17) is 16.7 Å². The number of ether oxygens (including phenoxy) is 1. The largest absolute Gasteiger partial charge is 0.512 e. The lowest BCUT2D eigenvalue weighted by atomic mass is 10.1. The number of hydrogen-bond donors (Lipinski definition) is 1. The predicted molar refractivity (Wildman–Crippen MR) is 65.9 cm³/mol. The fraction of sp³-hybridized carbons (Fsp3) is 0.0833. The molecule has 0 spiro atoms. The molecular weight excluding hydrogens is 256 g/mol. The first-order chi connectivity index (χ1) is 8.56. The Balaban J connectivity index is 2.38. The molecule has 2 aromatic rings. The van der Waals surface area contributed by atoms with E-state index in [0.717, 1.165) is 11.1 Å². The van der Waals surface area contributed by atoms with E-state index >= 15 is 0 Å². The van der Waals surface area contributed by atoms with Crippen molar-refractivity contribution in [3.05, 3.63) is 41.2 Å². The Morgan fingerprint density at radius 2 is 2.11 bits per heavy atom. The molecule has 0 radical (unpaired) electrons. The van der Waals surface area contributed by atoms with Gasteiger partial charge in [0.05, 0.1) is 5.69 Å². The smallest absolute Gasteiger partial charge is 0.449 e. The molecule has 18 heavy (non-hydrogen) atoms. The maximum Gasteiger partial charge on any atom is 0.512 e. The van der Waals surface area contributed by atoms with Crippen LogP contribution in [-0.4, -0.2) is 21.2 Å². The summed E-state index contributed by atoms with van der Waals surface area (Å²) >= 11 is 6.02. The van der Waals surface area contributed by atoms with Crippen LogP contribution in [-0.2, 0) is 0 Å². The number of aryl methyl sites for hydroxylation is 1. The number of benzene rings is 1. The molecule has 0 saturated carbocycles. The van der Waals surface area contributed by atoms with Crippen LogP contribution in [0.4, 0.5) is 4.79 Å². The van der Waals surface area contributed by atoms with Gasteiger partial charge in [0.2, 0.25) is 5.88 Å². The van der Waals surface area contributed by atoms with Crippen LogP contribution in [0.25, 0.3) is 11.3 Å². The van der Waals surface area contributed by atoms with Gasteiger partial charge < -0.3 is 9.84 Å². The van der Waals surface area contributed by atoms with Crippen LogP contribution in [0.3, 0.4) is 0 Å². The average molecular weight is 265 g/mol. The molecule has 0 bridgehead atoms. The summed E-state index contributed by atoms with van der Waals surface area (Å²) in [5.74, 6) is -0.0239. The highest BCUT2D eigenvalue weighted by Gasteiger charge is 2.07. The molecule has 1 heterocycles. The summed E-state index contributed by atoms with van der Waals surface area (Å²) in [5.41, 5.74) is 2.27. The van der Waals surface area contributed by atoms with E-state index in [1.54, 1.807) is 6.07 Å². The van der Waals surface area contributed by atoms with E-state index in [9.17, 15) is 4.79 Å². The van der Waals surface area contributed by atoms with Gasteiger partial charge in [-0.3, -0.25) is 0 Å². The van der Waals surface area contributed by atoms with Crippen LogP contribution in [0.2, 0.25) is 5.02 Å². The van der Waals surface area contributed by atoms with Crippen LogP contribution in [0.5, 0.6) is 5.88 Å². The molecule has 0 saturated heterocycles. The number of aromatic nitrogens is 2. The van der Waals surface area contributed by atoms with Gasteiger partial charge >= 0.3 is 6.16 Å². The Kier molecular flexibility index (Phi) is 3.43. The molecule has 1 aromatic heterocycles. The van der Waals surface area contributed by atoms with Crippen molar-refractivity contribution in [2.24, 2.45) is 0 Å². The summed E-state index contributed by atoms with van der Waals surface area (Å²) in [7, 11) is 0. The second-order valence-electron chi connectivity index (χ2n) is 3.57. The lowest BCUT2D eigenvalue weighted by Gasteiger charge is -2.04. The third-order valence-corrected chi connectivity index (χ3v) is 2.71. The Labute approximate surface area is 108 Å². The van der Waals surface area contributed by atoms with Gasteiger partial charge in [-0.15, -0.1) is 0 Å². The third kappa shape index (κ3) is 2.75. The highest BCUT2D eigenvalue weighted by Crippen LogP contribution is 2.25. The van der Waals surface area contributed by atoms with E-state index in [-0.39, 0.29) is 5.88 Å². The van der Waals surface area contributed by atoms with Crippen molar-refractivity contribution in [3.8, 4) is 17.1 Å². The Hall–Kier alpha value is -2.14. The first kappa shape index (κ1) is 12.3. The molecule has 0 amide bonds. The van der Waals surface area contributed by atoms with Gasteiger partial charge in [-0.2, -0.15) is 0 Å². The Morgan fingerprint density at radius 1 is 1.33 bits per heavy atom. The fourth-order valence-corrected chi connectivity index (χ4v) is 1.58. The molecule has 1 N–H and O–H groups in total. The average Bonchev–Trinajstić information content (AvgIpc) is 2.32. The summed E-state index contributed by atoms with van der Waals surface area (Å²) in [5, 5.41) is 9.12. The van der Waals surface area contributed by atoms with Crippen LogP contribution < -0.4 is 4.74 Å². The molecule has 0 unspecified atom stereocenters. The molecule has 6 heteroatoms.